The number of likely N-dealkylation sites (N-methyl/N-ethyl adjacent to an activating group) is 1. The minimum Gasteiger partial charge on any atom is -0.480 e. The third-order valence-electron chi connectivity index (χ3n) is 3.89. The Labute approximate surface area is 136 Å². The molecule has 1 aliphatic heterocycles. The molecule has 1 saturated heterocycles. The van der Waals surface area contributed by atoms with Crippen LogP contribution in [-0.2, 0) is 14.9 Å². The Kier molecular flexibility index (Phi) is 6.69. The molecule has 7 nitrogen and oxygen atoms in total. The molecule has 0 amide bonds. The fourth-order valence-electron chi connectivity index (χ4n) is 2.66. The summed E-state index contributed by atoms with van der Waals surface area (Å²) in [5.74, 6) is -0.951. The highest BCUT2D eigenvalue weighted by molar-refractivity contribution is 7.85. The van der Waals surface area contributed by atoms with Gasteiger partial charge < -0.3 is 10.2 Å². The zero-order valence-electron chi connectivity index (χ0n) is 13.4. The number of aliphatic hydroxyl groups is 1. The smallest absolute Gasteiger partial charge is 0.321 e. The number of likely N-dealkylation sites (tertiary alicyclic amines) is 1. The van der Waals surface area contributed by atoms with E-state index in [9.17, 15) is 18.3 Å². The van der Waals surface area contributed by atoms with Crippen molar-refractivity contribution >= 4 is 16.1 Å². The monoisotopic (exact) mass is 345 g/mol. The van der Waals surface area contributed by atoms with Crippen molar-refractivity contribution in [2.45, 2.75) is 37.3 Å². The molecule has 130 valence electrons. The molecule has 0 aromatic heterocycles. The first-order valence-corrected chi connectivity index (χ1v) is 8.67. The third-order valence-corrected chi connectivity index (χ3v) is 4.76. The van der Waals surface area contributed by atoms with Crippen LogP contribution in [0.1, 0.15) is 18.9 Å². The zero-order valence-corrected chi connectivity index (χ0v) is 14.2. The summed E-state index contributed by atoms with van der Waals surface area (Å²) in [5.41, 5.74) is 0.956. The molecule has 1 aromatic carbocycles. The van der Waals surface area contributed by atoms with E-state index in [2.05, 4.69) is 0 Å². The molecule has 1 aromatic rings. The Morgan fingerprint density at radius 3 is 2.17 bits per heavy atom. The van der Waals surface area contributed by atoms with Crippen LogP contribution in [0.5, 0.6) is 0 Å². The molecule has 0 bridgehead atoms. The van der Waals surface area contributed by atoms with Gasteiger partial charge in [0.05, 0.1) is 11.0 Å². The number of aliphatic hydroxyl groups excluding tert-OH is 1. The number of hydrogen-bond donors (Lipinski definition) is 3. The van der Waals surface area contributed by atoms with Crippen molar-refractivity contribution < 1.29 is 28.0 Å². The van der Waals surface area contributed by atoms with E-state index in [-0.39, 0.29) is 10.8 Å². The van der Waals surface area contributed by atoms with E-state index in [1.165, 1.54) is 12.1 Å². The van der Waals surface area contributed by atoms with Gasteiger partial charge in [0.25, 0.3) is 10.1 Å². The van der Waals surface area contributed by atoms with Crippen molar-refractivity contribution in [1.29, 1.82) is 0 Å². The van der Waals surface area contributed by atoms with Crippen LogP contribution in [0, 0.1) is 12.8 Å². The Hall–Kier alpha value is -1.48. The van der Waals surface area contributed by atoms with E-state index < -0.39 is 28.2 Å². The largest absolute Gasteiger partial charge is 0.480 e. The first-order valence-electron chi connectivity index (χ1n) is 7.23. The van der Waals surface area contributed by atoms with E-state index in [0.29, 0.717) is 13.0 Å². The van der Waals surface area contributed by atoms with Gasteiger partial charge in [0.2, 0.25) is 0 Å². The van der Waals surface area contributed by atoms with Gasteiger partial charge in [-0.3, -0.25) is 14.2 Å². The number of carboxylic acid groups (broad SMARTS) is 1. The van der Waals surface area contributed by atoms with Crippen LogP contribution >= 0.6 is 0 Å². The van der Waals surface area contributed by atoms with Gasteiger partial charge in [0.1, 0.15) is 6.04 Å². The maximum Gasteiger partial charge on any atom is 0.321 e. The van der Waals surface area contributed by atoms with Crippen LogP contribution < -0.4 is 0 Å². The van der Waals surface area contributed by atoms with E-state index in [1.807, 2.05) is 13.8 Å². The van der Waals surface area contributed by atoms with Crippen molar-refractivity contribution in [3.05, 3.63) is 29.8 Å². The highest BCUT2D eigenvalue weighted by Crippen LogP contribution is 2.26. The van der Waals surface area contributed by atoms with E-state index >= 15 is 0 Å². The number of aliphatic carboxylic acids is 1. The molecule has 0 spiro atoms. The fraction of sp³-hybridized carbons (Fsp3) is 0.533. The molecule has 23 heavy (non-hydrogen) atoms. The highest BCUT2D eigenvalue weighted by atomic mass is 32.2. The molecule has 0 aliphatic carbocycles. The highest BCUT2D eigenvalue weighted by Gasteiger charge is 2.42. The second kappa shape index (κ2) is 7.87. The van der Waals surface area contributed by atoms with E-state index in [4.69, 9.17) is 9.66 Å². The lowest BCUT2D eigenvalue weighted by molar-refractivity contribution is -0.143. The molecule has 0 saturated carbocycles. The number of carboxylic acids is 1. The van der Waals surface area contributed by atoms with Crippen molar-refractivity contribution in [1.82, 2.24) is 4.90 Å². The number of β-amino-alcohol motifs (C(OH)–C–C–N with tert-alkyl or cyclic N) is 1. The standard InChI is InChI=1S/C8H15NO3.C7H8O3S/c1-3-5-6(10)4-9(2)7(5)8(11)12;1-6-2-4-7(5-3-6)11(8,9)10/h5-7,10H,3-4H2,1-2H3,(H,11,12);2-5H,1H3,(H,8,9,10)/t5-,6+,7+;/m1./s1. The number of benzene rings is 1. The molecule has 3 N–H and O–H groups in total. The van der Waals surface area contributed by atoms with Crippen LogP contribution in [0.4, 0.5) is 0 Å². The van der Waals surface area contributed by atoms with E-state index in [0.717, 1.165) is 5.56 Å². The summed E-state index contributed by atoms with van der Waals surface area (Å²) in [4.78, 5) is 12.4. The Morgan fingerprint density at radius 1 is 1.30 bits per heavy atom. The van der Waals surface area contributed by atoms with Gasteiger partial charge in [0.15, 0.2) is 0 Å². The molecule has 0 radical (unpaired) electrons. The van der Waals surface area contributed by atoms with Gasteiger partial charge >= 0.3 is 5.97 Å². The summed E-state index contributed by atoms with van der Waals surface area (Å²) >= 11 is 0. The predicted octanol–water partition coefficient (Wildman–Crippen LogP) is 1.01. The van der Waals surface area contributed by atoms with Gasteiger partial charge in [-0.2, -0.15) is 8.42 Å². The molecule has 8 heteroatoms. The van der Waals surface area contributed by atoms with Crippen LogP contribution in [0.2, 0.25) is 0 Å². The van der Waals surface area contributed by atoms with Crippen LogP contribution in [0.25, 0.3) is 0 Å². The number of aryl methyl sites for hydroxylation is 1. The number of nitrogens with zero attached hydrogens (tertiary/aromatic N) is 1. The van der Waals surface area contributed by atoms with Crippen molar-refractivity contribution in [3.63, 3.8) is 0 Å². The molecule has 2 rings (SSSR count). The molecule has 3 atom stereocenters. The second-order valence-corrected chi connectivity index (χ2v) is 7.07. The topological polar surface area (TPSA) is 115 Å². The Morgan fingerprint density at radius 2 is 1.83 bits per heavy atom. The number of carbonyl (C=O) groups is 1. The molecule has 1 fully saturated rings. The first-order chi connectivity index (χ1) is 10.6. The lowest BCUT2D eigenvalue weighted by Crippen LogP contribution is -2.37. The van der Waals surface area contributed by atoms with Crippen LogP contribution in [0.15, 0.2) is 29.2 Å². The lowest BCUT2D eigenvalue weighted by Gasteiger charge is -2.19. The fourth-order valence-corrected chi connectivity index (χ4v) is 3.14. The molecule has 1 aliphatic rings. The summed E-state index contributed by atoms with van der Waals surface area (Å²) in [7, 11) is -2.29. The predicted molar refractivity (Wildman–Crippen MR) is 84.8 cm³/mol. The molecular weight excluding hydrogens is 322 g/mol. The van der Waals surface area contributed by atoms with Gasteiger partial charge in [-0.05, 0) is 32.5 Å². The zero-order chi connectivity index (χ0) is 17.8. The minimum atomic E-state index is -4.02. The Balaban J connectivity index is 0.000000231. The summed E-state index contributed by atoms with van der Waals surface area (Å²) in [6, 6.07) is 5.48. The van der Waals surface area contributed by atoms with Crippen molar-refractivity contribution in [2.24, 2.45) is 5.92 Å². The number of rotatable bonds is 3. The van der Waals surface area contributed by atoms with Gasteiger partial charge in [-0.1, -0.05) is 24.6 Å². The average Bonchev–Trinajstić information content (AvgIpc) is 2.73. The maximum atomic E-state index is 10.8. The van der Waals surface area contributed by atoms with Crippen molar-refractivity contribution in [2.75, 3.05) is 13.6 Å². The van der Waals surface area contributed by atoms with Crippen LogP contribution in [-0.4, -0.2) is 59.8 Å². The normalized spacial score (nSPS) is 24.8. The second-order valence-electron chi connectivity index (χ2n) is 5.65. The summed E-state index contributed by atoms with van der Waals surface area (Å²) < 4.78 is 29.6. The maximum absolute atomic E-state index is 10.8. The number of hydrogen-bond acceptors (Lipinski definition) is 5. The quantitative estimate of drug-likeness (QED) is 0.700. The summed E-state index contributed by atoms with van der Waals surface area (Å²) in [5, 5.41) is 18.3. The molecule has 0 unspecified atom stereocenters. The minimum absolute atomic E-state index is 0.0666. The first kappa shape index (κ1) is 19.6. The van der Waals surface area contributed by atoms with Gasteiger partial charge in [-0.25, -0.2) is 0 Å². The molecule has 1 heterocycles. The third kappa shape index (κ3) is 5.28. The average molecular weight is 345 g/mol. The Bertz CT molecular complexity index is 628. The van der Waals surface area contributed by atoms with E-state index in [1.54, 1.807) is 24.1 Å². The summed E-state index contributed by atoms with van der Waals surface area (Å²) in [6.45, 7) is 4.21. The van der Waals surface area contributed by atoms with Crippen molar-refractivity contribution in [3.8, 4) is 0 Å². The van der Waals surface area contributed by atoms with Gasteiger partial charge in [-0.15, -0.1) is 0 Å². The SMILES string of the molecule is CC[C@H]1[C@@H](C(=O)O)N(C)C[C@@H]1O.Cc1ccc(S(=O)(=O)O)cc1. The van der Waals surface area contributed by atoms with Crippen LogP contribution in [0.3, 0.4) is 0 Å². The lowest BCUT2D eigenvalue weighted by atomic mass is 9.95. The van der Waals surface area contributed by atoms with Gasteiger partial charge in [0, 0.05) is 12.5 Å². The molecular formula is C15H23NO6S. The summed E-state index contributed by atoms with van der Waals surface area (Å²) in [6.07, 6.45) is 0.226.